The van der Waals surface area contributed by atoms with E-state index in [1.54, 1.807) is 11.6 Å². The Bertz CT molecular complexity index is 576. The van der Waals surface area contributed by atoms with Gasteiger partial charge >= 0.3 is 0 Å². The van der Waals surface area contributed by atoms with Gasteiger partial charge in [-0.3, -0.25) is 14.3 Å². The van der Waals surface area contributed by atoms with Crippen LogP contribution in [0.2, 0.25) is 0 Å². The van der Waals surface area contributed by atoms with Gasteiger partial charge in [0.2, 0.25) is 0 Å². The molecule has 0 atom stereocenters. The number of rotatable bonds is 4. The maximum Gasteiger partial charge on any atom is 0.278 e. The van der Waals surface area contributed by atoms with E-state index < -0.39 is 0 Å². The van der Waals surface area contributed by atoms with Crippen LogP contribution < -0.4 is 5.48 Å². The van der Waals surface area contributed by atoms with E-state index >= 15 is 0 Å². The number of nitrogens with one attached hydrogen (secondary N) is 1. The second-order valence-corrected chi connectivity index (χ2v) is 4.37. The molecule has 2 aromatic rings. The molecule has 5 heteroatoms. The summed E-state index contributed by atoms with van der Waals surface area (Å²) >= 11 is 0. The number of hydrogen-bond acceptors (Lipinski definition) is 3. The van der Waals surface area contributed by atoms with Gasteiger partial charge in [0.25, 0.3) is 5.91 Å². The number of carbonyl (C=O) groups is 1. The Morgan fingerprint density at radius 3 is 2.58 bits per heavy atom. The molecular weight excluding hydrogens is 242 g/mol. The molecule has 0 fully saturated rings. The first-order valence-corrected chi connectivity index (χ1v) is 6.06. The third kappa shape index (κ3) is 3.00. The SMILES string of the molecule is Cc1nn(C)c(C)c1C(=O)NOCc1ccccc1. The molecule has 0 radical (unpaired) electrons. The van der Waals surface area contributed by atoms with Crippen molar-refractivity contribution in [3.63, 3.8) is 0 Å². The molecule has 100 valence electrons. The van der Waals surface area contributed by atoms with Crippen LogP contribution in [0.1, 0.15) is 27.3 Å². The zero-order valence-corrected chi connectivity index (χ0v) is 11.3. The molecule has 0 saturated carbocycles. The van der Waals surface area contributed by atoms with E-state index in [4.69, 9.17) is 4.84 Å². The van der Waals surface area contributed by atoms with Crippen molar-refractivity contribution in [2.24, 2.45) is 7.05 Å². The molecule has 2 rings (SSSR count). The molecule has 0 spiro atoms. The molecule has 1 aromatic carbocycles. The molecule has 0 bridgehead atoms. The normalized spacial score (nSPS) is 10.5. The van der Waals surface area contributed by atoms with Gasteiger partial charge in [-0.05, 0) is 19.4 Å². The fraction of sp³-hybridized carbons (Fsp3) is 0.286. The highest BCUT2D eigenvalue weighted by Gasteiger charge is 2.17. The highest BCUT2D eigenvalue weighted by molar-refractivity contribution is 5.95. The third-order valence-corrected chi connectivity index (χ3v) is 2.98. The van der Waals surface area contributed by atoms with Gasteiger partial charge in [-0.1, -0.05) is 30.3 Å². The second kappa shape index (κ2) is 5.67. The second-order valence-electron chi connectivity index (χ2n) is 4.37. The van der Waals surface area contributed by atoms with Gasteiger partial charge < -0.3 is 0 Å². The highest BCUT2D eigenvalue weighted by Crippen LogP contribution is 2.11. The molecule has 19 heavy (non-hydrogen) atoms. The zero-order chi connectivity index (χ0) is 13.8. The number of aryl methyl sites for hydroxylation is 2. The smallest absolute Gasteiger partial charge is 0.272 e. The Morgan fingerprint density at radius 2 is 2.00 bits per heavy atom. The maximum atomic E-state index is 12.0. The minimum absolute atomic E-state index is 0.265. The molecule has 1 heterocycles. The summed E-state index contributed by atoms with van der Waals surface area (Å²) in [6, 6.07) is 9.66. The van der Waals surface area contributed by atoms with Crippen LogP contribution in [0.5, 0.6) is 0 Å². The summed E-state index contributed by atoms with van der Waals surface area (Å²) in [7, 11) is 1.81. The zero-order valence-electron chi connectivity index (χ0n) is 11.3. The van der Waals surface area contributed by atoms with Crippen LogP contribution in [-0.2, 0) is 18.5 Å². The molecule has 1 aromatic heterocycles. The largest absolute Gasteiger partial charge is 0.278 e. The third-order valence-electron chi connectivity index (χ3n) is 2.98. The van der Waals surface area contributed by atoms with E-state index in [0.717, 1.165) is 11.3 Å². The number of aromatic nitrogens is 2. The fourth-order valence-corrected chi connectivity index (χ4v) is 1.91. The van der Waals surface area contributed by atoms with Gasteiger partial charge in [-0.15, -0.1) is 0 Å². The van der Waals surface area contributed by atoms with Crippen LogP contribution in [0.25, 0.3) is 0 Å². The van der Waals surface area contributed by atoms with Crippen LogP contribution in [0.3, 0.4) is 0 Å². The molecular formula is C14H17N3O2. The van der Waals surface area contributed by atoms with E-state index in [0.29, 0.717) is 17.9 Å². The average molecular weight is 259 g/mol. The number of hydrogen-bond donors (Lipinski definition) is 1. The molecule has 0 aliphatic heterocycles. The number of benzene rings is 1. The first kappa shape index (κ1) is 13.3. The molecule has 0 saturated heterocycles. The Labute approximate surface area is 112 Å². The van der Waals surface area contributed by atoms with Crippen molar-refractivity contribution < 1.29 is 9.63 Å². The number of hydroxylamine groups is 1. The summed E-state index contributed by atoms with van der Waals surface area (Å²) < 4.78 is 1.68. The van der Waals surface area contributed by atoms with Crippen molar-refractivity contribution >= 4 is 5.91 Å². The van der Waals surface area contributed by atoms with Gasteiger partial charge in [-0.25, -0.2) is 5.48 Å². The van der Waals surface area contributed by atoms with Crippen LogP contribution in [0.15, 0.2) is 30.3 Å². The van der Waals surface area contributed by atoms with E-state index in [1.807, 2.05) is 44.3 Å². The van der Waals surface area contributed by atoms with Crippen molar-refractivity contribution in [1.29, 1.82) is 0 Å². The van der Waals surface area contributed by atoms with Gasteiger partial charge in [0.1, 0.15) is 0 Å². The maximum absolute atomic E-state index is 12.0. The average Bonchev–Trinajstić information content (AvgIpc) is 2.64. The molecule has 1 amide bonds. The minimum atomic E-state index is -0.265. The number of carbonyl (C=O) groups excluding carboxylic acids is 1. The quantitative estimate of drug-likeness (QED) is 0.853. The summed E-state index contributed by atoms with van der Waals surface area (Å²) in [5.74, 6) is -0.265. The summed E-state index contributed by atoms with van der Waals surface area (Å²) in [5, 5.41) is 4.20. The van der Waals surface area contributed by atoms with Crippen LogP contribution in [0, 0.1) is 13.8 Å². The number of amides is 1. The Morgan fingerprint density at radius 1 is 1.32 bits per heavy atom. The molecule has 0 aliphatic carbocycles. The first-order chi connectivity index (χ1) is 9.09. The van der Waals surface area contributed by atoms with Gasteiger partial charge in [-0.2, -0.15) is 5.10 Å². The van der Waals surface area contributed by atoms with Crippen molar-refractivity contribution in [2.45, 2.75) is 20.5 Å². The van der Waals surface area contributed by atoms with Crippen molar-refractivity contribution in [2.75, 3.05) is 0 Å². The molecule has 1 N–H and O–H groups in total. The van der Waals surface area contributed by atoms with Crippen molar-refractivity contribution in [3.8, 4) is 0 Å². The van der Waals surface area contributed by atoms with Crippen LogP contribution in [0.4, 0.5) is 0 Å². The summed E-state index contributed by atoms with van der Waals surface area (Å²) in [5.41, 5.74) is 5.53. The lowest BCUT2D eigenvalue weighted by Crippen LogP contribution is -2.24. The summed E-state index contributed by atoms with van der Waals surface area (Å²) in [6.07, 6.45) is 0. The molecule has 5 nitrogen and oxygen atoms in total. The Kier molecular flexibility index (Phi) is 3.97. The predicted octanol–water partition coefficient (Wildman–Crippen LogP) is 1.90. The van der Waals surface area contributed by atoms with Gasteiger partial charge in [0, 0.05) is 12.7 Å². The Balaban J connectivity index is 1.95. The standard InChI is InChI=1S/C14H17N3O2/c1-10-13(11(2)17(3)15-10)14(18)16-19-9-12-7-5-4-6-8-12/h4-8H,9H2,1-3H3,(H,16,18). The lowest BCUT2D eigenvalue weighted by Gasteiger charge is -2.06. The van der Waals surface area contributed by atoms with Gasteiger partial charge in [0.15, 0.2) is 0 Å². The Hall–Kier alpha value is -2.14. The van der Waals surface area contributed by atoms with E-state index in [2.05, 4.69) is 10.6 Å². The topological polar surface area (TPSA) is 56.2 Å². The van der Waals surface area contributed by atoms with Gasteiger partial charge in [0.05, 0.1) is 17.9 Å². The van der Waals surface area contributed by atoms with Crippen LogP contribution in [-0.4, -0.2) is 15.7 Å². The molecule has 0 aliphatic rings. The first-order valence-electron chi connectivity index (χ1n) is 6.06. The van der Waals surface area contributed by atoms with E-state index in [-0.39, 0.29) is 5.91 Å². The lowest BCUT2D eigenvalue weighted by atomic mass is 10.2. The highest BCUT2D eigenvalue weighted by atomic mass is 16.6. The summed E-state index contributed by atoms with van der Waals surface area (Å²) in [4.78, 5) is 17.2. The van der Waals surface area contributed by atoms with Crippen LogP contribution >= 0.6 is 0 Å². The van der Waals surface area contributed by atoms with Crippen molar-refractivity contribution in [3.05, 3.63) is 52.8 Å². The molecule has 0 unspecified atom stereocenters. The van der Waals surface area contributed by atoms with E-state index in [9.17, 15) is 4.79 Å². The lowest BCUT2D eigenvalue weighted by molar-refractivity contribution is 0.0232. The van der Waals surface area contributed by atoms with E-state index in [1.165, 1.54) is 0 Å². The number of nitrogens with zero attached hydrogens (tertiary/aromatic N) is 2. The minimum Gasteiger partial charge on any atom is -0.272 e. The predicted molar refractivity (Wildman–Crippen MR) is 71.4 cm³/mol. The monoisotopic (exact) mass is 259 g/mol. The fourth-order valence-electron chi connectivity index (χ4n) is 1.91. The summed E-state index contributed by atoms with van der Waals surface area (Å²) in [6.45, 7) is 4.00. The van der Waals surface area contributed by atoms with Crippen molar-refractivity contribution in [1.82, 2.24) is 15.3 Å².